The first-order chi connectivity index (χ1) is 8.06. The Morgan fingerprint density at radius 1 is 1.53 bits per heavy atom. The molecule has 0 spiro atoms. The third kappa shape index (κ3) is 2.85. The molecule has 0 bridgehead atoms. The number of carbonyl (C=O) groups excluding carboxylic acids is 2. The predicted molar refractivity (Wildman–Crippen MR) is 67.3 cm³/mol. The van der Waals surface area contributed by atoms with E-state index in [0.29, 0.717) is 13.0 Å². The van der Waals surface area contributed by atoms with Gasteiger partial charge in [-0.3, -0.25) is 9.59 Å². The summed E-state index contributed by atoms with van der Waals surface area (Å²) in [6.45, 7) is 4.55. The first-order valence-corrected chi connectivity index (χ1v) is 6.52. The van der Waals surface area contributed by atoms with Crippen LogP contribution in [0.2, 0.25) is 0 Å². The summed E-state index contributed by atoms with van der Waals surface area (Å²) >= 11 is 1.51. The van der Waals surface area contributed by atoms with E-state index in [1.165, 1.54) is 16.2 Å². The van der Waals surface area contributed by atoms with Crippen molar-refractivity contribution in [3.05, 3.63) is 21.4 Å². The summed E-state index contributed by atoms with van der Waals surface area (Å²) in [4.78, 5) is 24.9. The number of piperidine rings is 1. The number of aryl methyl sites for hydroxylation is 2. The highest BCUT2D eigenvalue weighted by molar-refractivity contribution is 7.14. The molecule has 1 aromatic rings. The highest BCUT2D eigenvalue weighted by Crippen LogP contribution is 2.20. The van der Waals surface area contributed by atoms with E-state index >= 15 is 0 Å². The molecule has 1 aromatic heterocycles. The predicted octanol–water partition coefficient (Wildman–Crippen LogP) is 1.37. The summed E-state index contributed by atoms with van der Waals surface area (Å²) in [7, 11) is 0. The minimum atomic E-state index is -0.0349. The SMILES string of the molecule is Cc1cc(C(=O)NC2CCC(=O)NC2)sc1C. The lowest BCUT2D eigenvalue weighted by molar-refractivity contribution is -0.122. The smallest absolute Gasteiger partial charge is 0.261 e. The topological polar surface area (TPSA) is 58.2 Å². The molecular weight excluding hydrogens is 236 g/mol. The normalized spacial score (nSPS) is 19.9. The highest BCUT2D eigenvalue weighted by Gasteiger charge is 2.20. The monoisotopic (exact) mass is 252 g/mol. The second-order valence-electron chi connectivity index (χ2n) is 4.36. The zero-order valence-corrected chi connectivity index (χ0v) is 10.8. The zero-order valence-electron chi connectivity index (χ0n) is 10.0. The fourth-order valence-electron chi connectivity index (χ4n) is 1.80. The molecule has 1 unspecified atom stereocenters. The van der Waals surface area contributed by atoms with Gasteiger partial charge < -0.3 is 10.6 Å². The summed E-state index contributed by atoms with van der Waals surface area (Å²) in [5.74, 6) is 0.0330. The maximum absolute atomic E-state index is 11.9. The number of rotatable bonds is 2. The molecule has 0 saturated carbocycles. The second-order valence-corrected chi connectivity index (χ2v) is 5.62. The van der Waals surface area contributed by atoms with E-state index in [9.17, 15) is 9.59 Å². The summed E-state index contributed by atoms with van der Waals surface area (Å²) in [6.07, 6.45) is 1.22. The third-order valence-electron chi connectivity index (χ3n) is 2.99. The number of hydrogen-bond donors (Lipinski definition) is 2. The fraction of sp³-hybridized carbons (Fsp3) is 0.500. The lowest BCUT2D eigenvalue weighted by Gasteiger charge is -2.23. The van der Waals surface area contributed by atoms with Crippen LogP contribution in [0.5, 0.6) is 0 Å². The van der Waals surface area contributed by atoms with Crippen LogP contribution in [0.4, 0.5) is 0 Å². The van der Waals surface area contributed by atoms with Crippen LogP contribution in [0.1, 0.15) is 33.0 Å². The Bertz CT molecular complexity index is 424. The standard InChI is InChI=1S/C12H16N2O2S/c1-7-5-10(17-8(7)2)12(16)14-9-3-4-11(15)13-6-9/h5,9H,3-4,6H2,1-2H3,(H,13,15)(H,14,16). The van der Waals surface area contributed by atoms with Gasteiger partial charge >= 0.3 is 0 Å². The Kier molecular flexibility index (Phi) is 3.47. The Morgan fingerprint density at radius 2 is 2.29 bits per heavy atom. The van der Waals surface area contributed by atoms with Gasteiger partial charge in [-0.25, -0.2) is 0 Å². The van der Waals surface area contributed by atoms with Gasteiger partial charge in [-0.15, -0.1) is 11.3 Å². The molecule has 1 aliphatic rings. The van der Waals surface area contributed by atoms with Crippen LogP contribution in [0.3, 0.4) is 0 Å². The van der Waals surface area contributed by atoms with Crippen molar-refractivity contribution in [2.45, 2.75) is 32.7 Å². The highest BCUT2D eigenvalue weighted by atomic mass is 32.1. The van der Waals surface area contributed by atoms with E-state index in [0.717, 1.165) is 16.9 Å². The van der Waals surface area contributed by atoms with Crippen LogP contribution in [-0.4, -0.2) is 24.4 Å². The average molecular weight is 252 g/mol. The number of nitrogens with one attached hydrogen (secondary N) is 2. The molecule has 1 aliphatic heterocycles. The van der Waals surface area contributed by atoms with E-state index in [-0.39, 0.29) is 17.9 Å². The van der Waals surface area contributed by atoms with Crippen LogP contribution in [0.15, 0.2) is 6.07 Å². The molecule has 2 heterocycles. The van der Waals surface area contributed by atoms with Crippen molar-refractivity contribution in [2.75, 3.05) is 6.54 Å². The summed E-state index contributed by atoms with van der Waals surface area (Å²) in [5, 5.41) is 5.71. The number of hydrogen-bond acceptors (Lipinski definition) is 3. The number of carbonyl (C=O) groups is 2. The Hall–Kier alpha value is -1.36. The van der Waals surface area contributed by atoms with Gasteiger partial charge in [0, 0.05) is 23.9 Å². The molecule has 5 heteroatoms. The quantitative estimate of drug-likeness (QED) is 0.835. The molecule has 1 atom stereocenters. The van der Waals surface area contributed by atoms with Crippen molar-refractivity contribution in [1.82, 2.24) is 10.6 Å². The largest absolute Gasteiger partial charge is 0.354 e. The first kappa shape index (κ1) is 12.1. The number of thiophene rings is 1. The minimum absolute atomic E-state index is 0.0349. The molecule has 92 valence electrons. The summed E-state index contributed by atoms with van der Waals surface area (Å²) in [5.41, 5.74) is 1.15. The van der Waals surface area contributed by atoms with E-state index in [2.05, 4.69) is 10.6 Å². The van der Waals surface area contributed by atoms with Crippen molar-refractivity contribution in [2.24, 2.45) is 0 Å². The molecule has 2 amide bonds. The average Bonchev–Trinajstić information content (AvgIpc) is 2.63. The molecule has 2 N–H and O–H groups in total. The molecule has 1 saturated heterocycles. The van der Waals surface area contributed by atoms with Gasteiger partial charge in [-0.1, -0.05) is 0 Å². The van der Waals surface area contributed by atoms with Crippen LogP contribution < -0.4 is 10.6 Å². The van der Waals surface area contributed by atoms with Gasteiger partial charge in [0.1, 0.15) is 0 Å². The molecular formula is C12H16N2O2S. The third-order valence-corrected chi connectivity index (χ3v) is 4.14. The van der Waals surface area contributed by atoms with Gasteiger partial charge in [-0.2, -0.15) is 0 Å². The fourth-order valence-corrected chi connectivity index (χ4v) is 2.73. The molecule has 2 rings (SSSR count). The molecule has 0 radical (unpaired) electrons. The Labute approximate surface area is 104 Å². The first-order valence-electron chi connectivity index (χ1n) is 5.71. The van der Waals surface area contributed by atoms with E-state index in [1.54, 1.807) is 0 Å². The van der Waals surface area contributed by atoms with E-state index < -0.39 is 0 Å². The van der Waals surface area contributed by atoms with Crippen molar-refractivity contribution in [3.63, 3.8) is 0 Å². The molecule has 17 heavy (non-hydrogen) atoms. The maximum atomic E-state index is 11.9. The minimum Gasteiger partial charge on any atom is -0.354 e. The van der Waals surface area contributed by atoms with Gasteiger partial charge in [0.2, 0.25) is 5.91 Å². The van der Waals surface area contributed by atoms with E-state index in [1.807, 2.05) is 19.9 Å². The second kappa shape index (κ2) is 4.87. The Balaban J connectivity index is 1.95. The van der Waals surface area contributed by atoms with Crippen LogP contribution in [-0.2, 0) is 4.79 Å². The van der Waals surface area contributed by atoms with Gasteiger partial charge in [0.15, 0.2) is 0 Å². The summed E-state index contributed by atoms with van der Waals surface area (Å²) in [6, 6.07) is 1.97. The molecule has 0 aromatic carbocycles. The maximum Gasteiger partial charge on any atom is 0.261 e. The zero-order chi connectivity index (χ0) is 12.4. The van der Waals surface area contributed by atoms with Crippen molar-refractivity contribution >= 4 is 23.2 Å². The molecule has 0 aliphatic carbocycles. The summed E-state index contributed by atoms with van der Waals surface area (Å²) < 4.78 is 0. The van der Waals surface area contributed by atoms with Gasteiger partial charge in [-0.05, 0) is 31.9 Å². The number of amides is 2. The molecule has 1 fully saturated rings. The lowest BCUT2D eigenvalue weighted by atomic mass is 10.1. The lowest BCUT2D eigenvalue weighted by Crippen LogP contribution is -2.47. The van der Waals surface area contributed by atoms with Crippen molar-refractivity contribution in [3.8, 4) is 0 Å². The van der Waals surface area contributed by atoms with Crippen LogP contribution in [0.25, 0.3) is 0 Å². The van der Waals surface area contributed by atoms with Gasteiger partial charge in [0.05, 0.1) is 4.88 Å². The van der Waals surface area contributed by atoms with E-state index in [4.69, 9.17) is 0 Å². The van der Waals surface area contributed by atoms with Crippen LogP contribution in [0, 0.1) is 13.8 Å². The molecule has 4 nitrogen and oxygen atoms in total. The van der Waals surface area contributed by atoms with Crippen molar-refractivity contribution < 1.29 is 9.59 Å². The Morgan fingerprint density at radius 3 is 2.82 bits per heavy atom. The van der Waals surface area contributed by atoms with Gasteiger partial charge in [0.25, 0.3) is 5.91 Å². The van der Waals surface area contributed by atoms with Crippen LogP contribution >= 0.6 is 11.3 Å². The van der Waals surface area contributed by atoms with Crippen molar-refractivity contribution in [1.29, 1.82) is 0 Å².